The summed E-state index contributed by atoms with van der Waals surface area (Å²) in [6.07, 6.45) is 0. The first kappa shape index (κ1) is 20.9. The van der Waals surface area contributed by atoms with Crippen LogP contribution in [0.25, 0.3) is 0 Å². The van der Waals surface area contributed by atoms with Crippen LogP contribution in [0.2, 0.25) is 0 Å². The molecule has 0 unspecified atom stereocenters. The molecule has 152 valence electrons. The fraction of sp³-hybridized carbons (Fsp3) is 0.318. The molecule has 1 aromatic heterocycles. The number of methoxy groups -OCH3 is 1. The smallest absolute Gasteiger partial charge is 0.191 e. The lowest BCUT2D eigenvalue weighted by Gasteiger charge is -2.10. The zero-order chi connectivity index (χ0) is 20.8. The molecule has 0 atom stereocenters. The highest BCUT2D eigenvalue weighted by Crippen LogP contribution is 2.22. The van der Waals surface area contributed by atoms with Crippen LogP contribution in [0, 0.1) is 13.8 Å². The van der Waals surface area contributed by atoms with Gasteiger partial charge in [-0.05, 0) is 68.3 Å². The molecule has 3 rings (SSSR count). The molecule has 0 saturated carbocycles. The molecule has 0 amide bonds. The number of ketones is 1. The summed E-state index contributed by atoms with van der Waals surface area (Å²) in [6, 6.07) is 13.2. The maximum atomic E-state index is 12.5. The van der Waals surface area contributed by atoms with E-state index in [9.17, 15) is 4.79 Å². The summed E-state index contributed by atoms with van der Waals surface area (Å²) >= 11 is 1.38. The molecule has 7 heteroatoms. The minimum absolute atomic E-state index is 0.0383. The first-order valence-electron chi connectivity index (χ1n) is 9.43. The molecular weight excluding hydrogens is 386 g/mol. The third kappa shape index (κ3) is 5.38. The van der Waals surface area contributed by atoms with Gasteiger partial charge in [0.1, 0.15) is 18.1 Å². The minimum atomic E-state index is 0.0383. The van der Waals surface area contributed by atoms with E-state index in [1.165, 1.54) is 11.8 Å². The van der Waals surface area contributed by atoms with Gasteiger partial charge in [0.2, 0.25) is 0 Å². The van der Waals surface area contributed by atoms with Gasteiger partial charge in [0.25, 0.3) is 0 Å². The second kappa shape index (κ2) is 9.60. The monoisotopic (exact) mass is 411 g/mol. The van der Waals surface area contributed by atoms with E-state index < -0.39 is 0 Å². The topological polar surface area (TPSA) is 66.2 Å². The SMILES string of the molecule is CCn1c(COc2cc(C)cc(C)c2)nnc1SCC(=O)c1ccc(OC)cc1. The van der Waals surface area contributed by atoms with Crippen LogP contribution in [-0.2, 0) is 13.2 Å². The van der Waals surface area contributed by atoms with Crippen LogP contribution in [0.15, 0.2) is 47.6 Å². The summed E-state index contributed by atoms with van der Waals surface area (Å²) in [5, 5.41) is 9.23. The van der Waals surface area contributed by atoms with E-state index in [1.54, 1.807) is 31.4 Å². The Balaban J connectivity index is 1.63. The number of rotatable bonds is 9. The Bertz CT molecular complexity index is 963. The standard InChI is InChI=1S/C22H25N3O3S/c1-5-25-21(13-28-19-11-15(2)10-16(3)12-19)23-24-22(25)29-14-20(26)17-6-8-18(27-4)9-7-17/h6-12H,5,13-14H2,1-4H3. The molecule has 0 aliphatic rings. The number of carbonyl (C=O) groups is 1. The van der Waals surface area contributed by atoms with Crippen molar-refractivity contribution in [1.82, 2.24) is 14.8 Å². The maximum absolute atomic E-state index is 12.5. The highest BCUT2D eigenvalue weighted by atomic mass is 32.2. The summed E-state index contributed by atoms with van der Waals surface area (Å²) < 4.78 is 13.0. The van der Waals surface area contributed by atoms with E-state index in [0.717, 1.165) is 28.5 Å². The zero-order valence-electron chi connectivity index (χ0n) is 17.1. The van der Waals surface area contributed by atoms with Gasteiger partial charge in [0.05, 0.1) is 12.9 Å². The quantitative estimate of drug-likeness (QED) is 0.382. The fourth-order valence-electron chi connectivity index (χ4n) is 3.00. The maximum Gasteiger partial charge on any atom is 0.191 e. The highest BCUT2D eigenvalue weighted by molar-refractivity contribution is 7.99. The lowest BCUT2D eigenvalue weighted by molar-refractivity contribution is 0.102. The Morgan fingerprint density at radius 2 is 1.72 bits per heavy atom. The van der Waals surface area contributed by atoms with Crippen LogP contribution in [0.1, 0.15) is 34.2 Å². The first-order valence-corrected chi connectivity index (χ1v) is 10.4. The number of aromatic nitrogens is 3. The molecule has 2 aromatic carbocycles. The van der Waals surface area contributed by atoms with Crippen molar-refractivity contribution >= 4 is 17.5 Å². The van der Waals surface area contributed by atoms with Gasteiger partial charge < -0.3 is 14.0 Å². The lowest BCUT2D eigenvalue weighted by atomic mass is 10.1. The molecule has 1 heterocycles. The molecule has 0 aliphatic carbocycles. The van der Waals surface area contributed by atoms with Crippen LogP contribution in [-0.4, -0.2) is 33.4 Å². The molecule has 0 aliphatic heterocycles. The number of benzene rings is 2. The fourth-order valence-corrected chi connectivity index (χ4v) is 3.92. The Hall–Kier alpha value is -2.80. The van der Waals surface area contributed by atoms with Crippen LogP contribution in [0.3, 0.4) is 0 Å². The first-order chi connectivity index (χ1) is 14.0. The predicted octanol–water partition coefficient (Wildman–Crippen LogP) is 4.48. The van der Waals surface area contributed by atoms with Crippen molar-refractivity contribution in [3.63, 3.8) is 0 Å². The third-order valence-corrected chi connectivity index (χ3v) is 5.38. The molecule has 6 nitrogen and oxygen atoms in total. The van der Waals surface area contributed by atoms with Crippen molar-refractivity contribution in [1.29, 1.82) is 0 Å². The molecular formula is C22H25N3O3S. The number of carbonyl (C=O) groups excluding carboxylic acids is 1. The van der Waals surface area contributed by atoms with Crippen molar-refractivity contribution in [2.24, 2.45) is 0 Å². The van der Waals surface area contributed by atoms with Crippen molar-refractivity contribution in [2.75, 3.05) is 12.9 Å². The summed E-state index contributed by atoms with van der Waals surface area (Å²) in [5.74, 6) is 2.62. The van der Waals surface area contributed by atoms with E-state index in [-0.39, 0.29) is 5.78 Å². The van der Waals surface area contributed by atoms with Gasteiger partial charge in [0, 0.05) is 12.1 Å². The van der Waals surface area contributed by atoms with Gasteiger partial charge in [-0.1, -0.05) is 17.8 Å². The third-order valence-electron chi connectivity index (χ3n) is 4.42. The van der Waals surface area contributed by atoms with Crippen molar-refractivity contribution in [2.45, 2.75) is 39.1 Å². The molecule has 0 radical (unpaired) electrons. The number of hydrogen-bond donors (Lipinski definition) is 0. The van der Waals surface area contributed by atoms with Crippen LogP contribution >= 0.6 is 11.8 Å². The van der Waals surface area contributed by atoms with Gasteiger partial charge in [-0.3, -0.25) is 4.79 Å². The molecule has 0 N–H and O–H groups in total. The summed E-state index contributed by atoms with van der Waals surface area (Å²) in [7, 11) is 1.60. The molecule has 3 aromatic rings. The van der Waals surface area contributed by atoms with Gasteiger partial charge in [-0.25, -0.2) is 0 Å². The van der Waals surface area contributed by atoms with E-state index in [4.69, 9.17) is 9.47 Å². The average molecular weight is 412 g/mol. The highest BCUT2D eigenvalue weighted by Gasteiger charge is 2.15. The van der Waals surface area contributed by atoms with Gasteiger partial charge in [-0.2, -0.15) is 0 Å². The molecule has 0 bridgehead atoms. The lowest BCUT2D eigenvalue weighted by Crippen LogP contribution is -2.08. The van der Waals surface area contributed by atoms with E-state index >= 15 is 0 Å². The van der Waals surface area contributed by atoms with Crippen molar-refractivity contribution in [3.05, 3.63) is 65.0 Å². The molecule has 29 heavy (non-hydrogen) atoms. The molecule has 0 saturated heterocycles. The molecule has 0 spiro atoms. The van der Waals surface area contributed by atoms with Gasteiger partial charge in [-0.15, -0.1) is 10.2 Å². The van der Waals surface area contributed by atoms with Crippen LogP contribution in [0.4, 0.5) is 0 Å². The predicted molar refractivity (Wildman–Crippen MR) is 114 cm³/mol. The molecule has 0 fully saturated rings. The van der Waals surface area contributed by atoms with Crippen molar-refractivity contribution in [3.8, 4) is 11.5 Å². The summed E-state index contributed by atoms with van der Waals surface area (Å²) in [6.45, 7) is 7.15. The average Bonchev–Trinajstić information content (AvgIpc) is 3.11. The number of Topliss-reactive ketones (excluding diaryl/α,β-unsaturated/α-hetero) is 1. The van der Waals surface area contributed by atoms with Crippen molar-refractivity contribution < 1.29 is 14.3 Å². The second-order valence-corrected chi connectivity index (χ2v) is 7.64. The Kier molecular flexibility index (Phi) is 6.93. The minimum Gasteiger partial charge on any atom is -0.497 e. The number of aryl methyl sites for hydroxylation is 2. The Morgan fingerprint density at radius 3 is 2.34 bits per heavy atom. The largest absolute Gasteiger partial charge is 0.497 e. The Labute approximate surface area is 175 Å². The number of thioether (sulfide) groups is 1. The van der Waals surface area contributed by atoms with E-state index in [0.29, 0.717) is 29.6 Å². The second-order valence-electron chi connectivity index (χ2n) is 6.70. The number of hydrogen-bond acceptors (Lipinski definition) is 6. The van der Waals surface area contributed by atoms with Crippen LogP contribution in [0.5, 0.6) is 11.5 Å². The summed E-state index contributed by atoms with van der Waals surface area (Å²) in [5.41, 5.74) is 2.97. The van der Waals surface area contributed by atoms with E-state index in [2.05, 4.69) is 16.3 Å². The van der Waals surface area contributed by atoms with E-state index in [1.807, 2.05) is 37.5 Å². The number of nitrogens with zero attached hydrogens (tertiary/aromatic N) is 3. The Morgan fingerprint density at radius 1 is 1.03 bits per heavy atom. The normalized spacial score (nSPS) is 10.8. The van der Waals surface area contributed by atoms with Crippen LogP contribution < -0.4 is 9.47 Å². The number of ether oxygens (including phenoxy) is 2. The summed E-state index contributed by atoms with van der Waals surface area (Å²) in [4.78, 5) is 12.5. The van der Waals surface area contributed by atoms with Gasteiger partial charge in [0.15, 0.2) is 16.8 Å². The van der Waals surface area contributed by atoms with Gasteiger partial charge >= 0.3 is 0 Å². The zero-order valence-corrected chi connectivity index (χ0v) is 18.0.